The number of benzene rings is 1. The van der Waals surface area contributed by atoms with E-state index in [4.69, 9.17) is 10.8 Å². The summed E-state index contributed by atoms with van der Waals surface area (Å²) in [6.45, 7) is 1.96. The van der Waals surface area contributed by atoms with Crippen LogP contribution in [0.1, 0.15) is 60.0 Å². The number of nitrogen functional groups attached to an aromatic ring is 1. The number of carbonyl (C=O) groups is 2. The number of amides is 2. The second-order valence-corrected chi connectivity index (χ2v) is 11.8. The summed E-state index contributed by atoms with van der Waals surface area (Å²) in [6.07, 6.45) is 12.4. The Balaban J connectivity index is 1.08. The zero-order chi connectivity index (χ0) is 29.5. The molecule has 1 atom stereocenters. The molecule has 43 heavy (non-hydrogen) atoms. The fourth-order valence-electron chi connectivity index (χ4n) is 5.84. The van der Waals surface area contributed by atoms with Crippen LogP contribution in [0.2, 0.25) is 0 Å². The number of rotatable bonds is 9. The van der Waals surface area contributed by atoms with Crippen LogP contribution in [0.25, 0.3) is 22.3 Å². The molecule has 220 valence electrons. The third-order valence-corrected chi connectivity index (χ3v) is 8.66. The van der Waals surface area contributed by atoms with Crippen molar-refractivity contribution in [3.8, 4) is 11.3 Å². The molecule has 2 aliphatic carbocycles. The second kappa shape index (κ2) is 11.2. The third kappa shape index (κ3) is 5.72. The minimum Gasteiger partial charge on any atom is -0.383 e. The first-order valence-corrected chi connectivity index (χ1v) is 15.0. The molecular formula is C32H35N9O2. The number of fused-ring (bicyclic) bond motifs is 1. The molecule has 4 heterocycles. The Morgan fingerprint density at radius 1 is 1.07 bits per heavy atom. The molecule has 3 N–H and O–H groups in total. The number of anilines is 2. The molecule has 0 radical (unpaired) electrons. The summed E-state index contributed by atoms with van der Waals surface area (Å²) in [7, 11) is 2.10. The first-order valence-electron chi connectivity index (χ1n) is 15.0. The minimum atomic E-state index is -0.228. The van der Waals surface area contributed by atoms with Gasteiger partial charge in [-0.3, -0.25) is 14.5 Å². The highest BCUT2D eigenvalue weighted by molar-refractivity contribution is 6.04. The lowest BCUT2D eigenvalue weighted by Gasteiger charge is -2.16. The molecule has 4 aromatic rings. The number of nitrogens with zero attached hydrogens (tertiary/aromatic N) is 7. The van der Waals surface area contributed by atoms with Crippen molar-refractivity contribution >= 4 is 34.5 Å². The van der Waals surface area contributed by atoms with E-state index in [9.17, 15) is 9.59 Å². The Morgan fingerprint density at radius 2 is 1.88 bits per heavy atom. The number of likely N-dealkylation sites (N-methyl/N-ethyl adjacent to an activating group) is 1. The fraction of sp³-hybridized carbons (Fsp3) is 0.375. The molecule has 3 fully saturated rings. The van der Waals surface area contributed by atoms with E-state index < -0.39 is 0 Å². The average molecular weight is 578 g/mol. The highest BCUT2D eigenvalue weighted by Crippen LogP contribution is 2.40. The lowest BCUT2D eigenvalue weighted by molar-refractivity contribution is -0.125. The quantitative estimate of drug-likeness (QED) is 0.285. The van der Waals surface area contributed by atoms with E-state index in [1.165, 1.54) is 37.6 Å². The Kier molecular flexibility index (Phi) is 7.10. The molecule has 0 spiro atoms. The monoisotopic (exact) mass is 577 g/mol. The van der Waals surface area contributed by atoms with Gasteiger partial charge in [0.15, 0.2) is 5.65 Å². The van der Waals surface area contributed by atoms with Gasteiger partial charge in [0, 0.05) is 49.1 Å². The van der Waals surface area contributed by atoms with Crippen molar-refractivity contribution in [1.29, 1.82) is 0 Å². The molecule has 7 rings (SSSR count). The van der Waals surface area contributed by atoms with Gasteiger partial charge in [0.25, 0.3) is 5.91 Å². The Morgan fingerprint density at radius 3 is 2.65 bits per heavy atom. The number of hydrogen-bond acceptors (Lipinski definition) is 8. The lowest BCUT2D eigenvalue weighted by Crippen LogP contribution is -2.28. The summed E-state index contributed by atoms with van der Waals surface area (Å²) in [5.74, 6) is 1.26. The first-order chi connectivity index (χ1) is 20.9. The van der Waals surface area contributed by atoms with E-state index >= 15 is 0 Å². The summed E-state index contributed by atoms with van der Waals surface area (Å²) >= 11 is 0. The normalized spacial score (nSPS) is 18.7. The molecule has 11 nitrogen and oxygen atoms in total. The highest BCUT2D eigenvalue weighted by Gasteiger charge is 2.31. The SMILES string of the molecule is CN(CC=CC(=O)N1CCC(n2nc(-c3ccc(C(=O)Nc4cc(C5CC5)ccn4)cc3)c3c(N)ncnc32)C1)C1CC1. The van der Waals surface area contributed by atoms with Crippen LogP contribution in [0.15, 0.2) is 61.1 Å². The molecule has 2 amide bonds. The van der Waals surface area contributed by atoms with E-state index in [0.29, 0.717) is 59.0 Å². The van der Waals surface area contributed by atoms with E-state index in [1.54, 1.807) is 24.4 Å². The summed E-state index contributed by atoms with van der Waals surface area (Å²) in [5, 5.41) is 8.51. The van der Waals surface area contributed by atoms with Crippen LogP contribution in [0.3, 0.4) is 0 Å². The van der Waals surface area contributed by atoms with Gasteiger partial charge in [-0.1, -0.05) is 18.2 Å². The van der Waals surface area contributed by atoms with Gasteiger partial charge >= 0.3 is 0 Å². The van der Waals surface area contributed by atoms with Gasteiger partial charge in [-0.15, -0.1) is 0 Å². The highest BCUT2D eigenvalue weighted by atomic mass is 16.2. The van der Waals surface area contributed by atoms with E-state index in [1.807, 2.05) is 39.9 Å². The maximum absolute atomic E-state index is 13.0. The zero-order valence-corrected chi connectivity index (χ0v) is 24.2. The van der Waals surface area contributed by atoms with Crippen LogP contribution < -0.4 is 11.1 Å². The fourth-order valence-corrected chi connectivity index (χ4v) is 5.84. The third-order valence-electron chi connectivity index (χ3n) is 8.66. The van der Waals surface area contributed by atoms with Crippen molar-refractivity contribution in [3.05, 3.63) is 72.2 Å². The first kappa shape index (κ1) is 27.2. The molecule has 0 bridgehead atoms. The van der Waals surface area contributed by atoms with Gasteiger partial charge < -0.3 is 16.0 Å². The maximum Gasteiger partial charge on any atom is 0.256 e. The number of nitrogens with one attached hydrogen (secondary N) is 1. The molecule has 3 aromatic heterocycles. The maximum atomic E-state index is 13.0. The smallest absolute Gasteiger partial charge is 0.256 e. The number of hydrogen-bond donors (Lipinski definition) is 2. The average Bonchev–Trinajstić information content (AvgIpc) is 3.95. The number of nitrogens with two attached hydrogens (primary N) is 1. The van der Waals surface area contributed by atoms with E-state index in [-0.39, 0.29) is 17.9 Å². The lowest BCUT2D eigenvalue weighted by atomic mass is 10.1. The molecule has 3 aliphatic rings. The molecule has 1 aromatic carbocycles. The Bertz CT molecular complexity index is 1710. The second-order valence-electron chi connectivity index (χ2n) is 11.8. The molecular weight excluding hydrogens is 542 g/mol. The summed E-state index contributed by atoms with van der Waals surface area (Å²) in [5.41, 5.74) is 10.1. The van der Waals surface area contributed by atoms with Crippen LogP contribution in [0, 0.1) is 0 Å². The number of carbonyl (C=O) groups excluding carboxylic acids is 2. The van der Waals surface area contributed by atoms with Crippen LogP contribution >= 0.6 is 0 Å². The molecule has 1 unspecified atom stereocenters. The van der Waals surface area contributed by atoms with Gasteiger partial charge in [-0.05, 0) is 74.9 Å². The zero-order valence-electron chi connectivity index (χ0n) is 24.2. The van der Waals surface area contributed by atoms with Crippen molar-refractivity contribution < 1.29 is 9.59 Å². The topological polar surface area (TPSA) is 135 Å². The molecule has 1 saturated heterocycles. The molecule has 1 aliphatic heterocycles. The van der Waals surface area contributed by atoms with E-state index in [2.05, 4.69) is 32.2 Å². The summed E-state index contributed by atoms with van der Waals surface area (Å²) < 4.78 is 1.87. The van der Waals surface area contributed by atoms with Crippen LogP contribution in [-0.4, -0.2) is 79.1 Å². The number of aromatic nitrogens is 5. The van der Waals surface area contributed by atoms with Crippen molar-refractivity contribution in [2.45, 2.75) is 50.1 Å². The number of likely N-dealkylation sites (tertiary alicyclic amines) is 1. The predicted molar refractivity (Wildman–Crippen MR) is 164 cm³/mol. The molecule has 2 saturated carbocycles. The van der Waals surface area contributed by atoms with Crippen LogP contribution in [0.4, 0.5) is 11.6 Å². The van der Waals surface area contributed by atoms with Gasteiger partial charge in [0.2, 0.25) is 5.91 Å². The van der Waals surface area contributed by atoms with Gasteiger partial charge in [-0.25, -0.2) is 19.6 Å². The summed E-state index contributed by atoms with van der Waals surface area (Å²) in [6, 6.07) is 11.8. The summed E-state index contributed by atoms with van der Waals surface area (Å²) in [4.78, 5) is 43.1. The Hall–Kier alpha value is -4.64. The van der Waals surface area contributed by atoms with Crippen LogP contribution in [0.5, 0.6) is 0 Å². The van der Waals surface area contributed by atoms with Crippen LogP contribution in [-0.2, 0) is 4.79 Å². The van der Waals surface area contributed by atoms with Crippen molar-refractivity contribution in [1.82, 2.24) is 34.5 Å². The van der Waals surface area contributed by atoms with E-state index in [0.717, 1.165) is 18.5 Å². The van der Waals surface area contributed by atoms with Gasteiger partial charge in [0.1, 0.15) is 23.7 Å². The van der Waals surface area contributed by atoms with Gasteiger partial charge in [-0.2, -0.15) is 5.10 Å². The van der Waals surface area contributed by atoms with Gasteiger partial charge in [0.05, 0.1) is 11.4 Å². The largest absolute Gasteiger partial charge is 0.383 e. The van der Waals surface area contributed by atoms with Crippen molar-refractivity contribution in [3.63, 3.8) is 0 Å². The Labute approximate surface area is 249 Å². The minimum absolute atomic E-state index is 0.0147. The number of pyridine rings is 1. The molecule has 11 heteroatoms. The predicted octanol–water partition coefficient (Wildman–Crippen LogP) is 4.02. The van der Waals surface area contributed by atoms with Crippen molar-refractivity contribution in [2.75, 3.05) is 37.7 Å². The standard InChI is InChI=1S/C32H35N9O2/c1-39(24-10-11-24)15-2-3-27(42)40-16-13-25(18-40)41-31-28(30(33)35-19-36-31)29(38-41)21-6-8-22(9-7-21)32(43)37-26-17-23(12-14-34-26)20-4-5-20/h2-3,6-9,12,14,17,19-20,24-25H,4-5,10-11,13,15-16,18H2,1H3,(H2,33,35,36)(H,34,37,43). The van der Waals surface area contributed by atoms with Crippen molar-refractivity contribution in [2.24, 2.45) is 0 Å².